The summed E-state index contributed by atoms with van der Waals surface area (Å²) >= 11 is 5.76. The number of rotatable bonds is 4. The molecule has 3 rings (SSSR count). The Labute approximate surface area is 150 Å². The number of benzene rings is 2. The van der Waals surface area contributed by atoms with Crippen molar-refractivity contribution in [2.75, 3.05) is 5.32 Å². The summed E-state index contributed by atoms with van der Waals surface area (Å²) in [6, 6.07) is 10.7. The number of nitrogens with one attached hydrogen (secondary N) is 1. The van der Waals surface area contributed by atoms with Crippen molar-refractivity contribution in [1.82, 2.24) is 4.90 Å². The first-order chi connectivity index (χ1) is 11.9. The topological polar surface area (TPSA) is 49.4 Å². The van der Waals surface area contributed by atoms with Gasteiger partial charge in [-0.05, 0) is 35.7 Å². The van der Waals surface area contributed by atoms with Crippen LogP contribution < -0.4 is 5.32 Å². The van der Waals surface area contributed by atoms with Crippen LogP contribution in [0.25, 0.3) is 0 Å². The van der Waals surface area contributed by atoms with E-state index in [2.05, 4.69) is 5.32 Å². The molecule has 0 aliphatic carbocycles. The van der Waals surface area contributed by atoms with Gasteiger partial charge in [-0.3, -0.25) is 9.59 Å². The molecular weight excluding hydrogens is 343 g/mol. The Hall–Kier alpha value is -2.40. The summed E-state index contributed by atoms with van der Waals surface area (Å²) in [6.45, 7) is 4.17. The number of nitrogens with zero attached hydrogens (tertiary/aromatic N) is 1. The van der Waals surface area contributed by atoms with Crippen LogP contribution in [0.5, 0.6) is 0 Å². The summed E-state index contributed by atoms with van der Waals surface area (Å²) in [5, 5.41) is 2.67. The largest absolute Gasteiger partial charge is 0.324 e. The molecule has 0 aromatic heterocycles. The number of amides is 2. The second-order valence-electron chi connectivity index (χ2n) is 6.40. The maximum Gasteiger partial charge on any atom is 0.255 e. The van der Waals surface area contributed by atoms with Gasteiger partial charge in [-0.25, -0.2) is 4.39 Å². The highest BCUT2D eigenvalue weighted by Crippen LogP contribution is 2.28. The van der Waals surface area contributed by atoms with E-state index in [1.54, 1.807) is 11.0 Å². The third kappa shape index (κ3) is 3.37. The molecule has 0 fully saturated rings. The van der Waals surface area contributed by atoms with Crippen LogP contribution in [0.1, 0.15) is 29.8 Å². The quantitative estimate of drug-likeness (QED) is 0.892. The van der Waals surface area contributed by atoms with Crippen LogP contribution in [0.15, 0.2) is 42.5 Å². The van der Waals surface area contributed by atoms with Crippen molar-refractivity contribution in [3.8, 4) is 0 Å². The van der Waals surface area contributed by atoms with E-state index >= 15 is 0 Å². The summed E-state index contributed by atoms with van der Waals surface area (Å²) in [5.41, 5.74) is 1.94. The molecule has 2 aromatic carbocycles. The molecule has 0 radical (unpaired) electrons. The van der Waals surface area contributed by atoms with Crippen molar-refractivity contribution in [1.29, 1.82) is 0 Å². The van der Waals surface area contributed by atoms with Gasteiger partial charge in [0.25, 0.3) is 5.91 Å². The minimum Gasteiger partial charge on any atom is -0.324 e. The van der Waals surface area contributed by atoms with E-state index in [1.165, 1.54) is 18.2 Å². The van der Waals surface area contributed by atoms with Crippen LogP contribution in [0.3, 0.4) is 0 Å². The lowest BCUT2D eigenvalue weighted by Gasteiger charge is -2.30. The summed E-state index contributed by atoms with van der Waals surface area (Å²) in [6.07, 6.45) is 0. The van der Waals surface area contributed by atoms with E-state index in [-0.39, 0.29) is 22.8 Å². The van der Waals surface area contributed by atoms with Gasteiger partial charge in [0.1, 0.15) is 11.9 Å². The van der Waals surface area contributed by atoms with Gasteiger partial charge >= 0.3 is 0 Å². The molecule has 4 nitrogen and oxygen atoms in total. The van der Waals surface area contributed by atoms with Crippen LogP contribution in [0.4, 0.5) is 10.1 Å². The highest BCUT2D eigenvalue weighted by atomic mass is 35.5. The van der Waals surface area contributed by atoms with Gasteiger partial charge in [0.05, 0.1) is 5.02 Å². The fraction of sp³-hybridized carbons (Fsp3) is 0.263. The molecular formula is C19H18ClFN2O2. The van der Waals surface area contributed by atoms with Crippen LogP contribution in [-0.2, 0) is 11.3 Å². The normalized spacial score (nSPS) is 14.6. The predicted octanol–water partition coefficient (Wildman–Crippen LogP) is 4.10. The fourth-order valence-corrected chi connectivity index (χ4v) is 3.28. The number of anilines is 1. The number of fused-ring (bicyclic) bond motifs is 1. The van der Waals surface area contributed by atoms with Crippen molar-refractivity contribution in [2.45, 2.75) is 26.4 Å². The Balaban J connectivity index is 1.83. The molecule has 25 heavy (non-hydrogen) atoms. The summed E-state index contributed by atoms with van der Waals surface area (Å²) < 4.78 is 13.3. The second-order valence-corrected chi connectivity index (χ2v) is 6.80. The molecule has 1 N–H and O–H groups in total. The third-order valence-electron chi connectivity index (χ3n) is 4.27. The first-order valence-corrected chi connectivity index (χ1v) is 8.41. The van der Waals surface area contributed by atoms with Crippen molar-refractivity contribution in [3.05, 3.63) is 64.4 Å². The van der Waals surface area contributed by atoms with Crippen LogP contribution in [0.2, 0.25) is 5.02 Å². The average molecular weight is 361 g/mol. The van der Waals surface area contributed by atoms with E-state index in [4.69, 9.17) is 11.6 Å². The van der Waals surface area contributed by atoms with Crippen molar-refractivity contribution < 1.29 is 14.0 Å². The minimum absolute atomic E-state index is 0.0662. The molecule has 2 amide bonds. The van der Waals surface area contributed by atoms with E-state index in [0.717, 1.165) is 5.56 Å². The Morgan fingerprint density at radius 2 is 1.96 bits per heavy atom. The fourth-order valence-electron chi connectivity index (χ4n) is 3.10. The molecule has 1 aliphatic rings. The van der Waals surface area contributed by atoms with E-state index < -0.39 is 11.9 Å². The van der Waals surface area contributed by atoms with Crippen LogP contribution in [0, 0.1) is 11.7 Å². The average Bonchev–Trinajstić information content (AvgIpc) is 2.88. The second kappa shape index (κ2) is 6.84. The van der Waals surface area contributed by atoms with Gasteiger partial charge in [0, 0.05) is 17.8 Å². The highest BCUT2D eigenvalue weighted by molar-refractivity contribution is 6.31. The van der Waals surface area contributed by atoms with Gasteiger partial charge in [-0.1, -0.05) is 43.6 Å². The van der Waals surface area contributed by atoms with E-state index in [9.17, 15) is 14.0 Å². The number of carbonyl (C=O) groups is 2. The zero-order valence-electron chi connectivity index (χ0n) is 13.9. The van der Waals surface area contributed by atoms with Gasteiger partial charge in [-0.2, -0.15) is 0 Å². The molecule has 0 saturated heterocycles. The SMILES string of the molecule is CC(C)C(C(=O)Nc1ccc(F)c(Cl)c1)N1Cc2ccccc2C1=O. The monoisotopic (exact) mass is 360 g/mol. The zero-order valence-corrected chi connectivity index (χ0v) is 14.7. The molecule has 2 aromatic rings. The van der Waals surface area contributed by atoms with Gasteiger partial charge < -0.3 is 10.2 Å². The smallest absolute Gasteiger partial charge is 0.255 e. The maximum atomic E-state index is 13.3. The number of halogens is 2. The van der Waals surface area contributed by atoms with Gasteiger partial charge in [0.2, 0.25) is 5.91 Å². The van der Waals surface area contributed by atoms with Gasteiger partial charge in [-0.15, -0.1) is 0 Å². The van der Waals surface area contributed by atoms with Crippen molar-refractivity contribution >= 4 is 29.1 Å². The van der Waals surface area contributed by atoms with Crippen LogP contribution >= 0.6 is 11.6 Å². The molecule has 0 bridgehead atoms. The molecule has 0 spiro atoms. The molecule has 1 heterocycles. The molecule has 1 unspecified atom stereocenters. The van der Waals surface area contributed by atoms with Gasteiger partial charge in [0.15, 0.2) is 0 Å². The third-order valence-corrected chi connectivity index (χ3v) is 4.56. The lowest BCUT2D eigenvalue weighted by Crippen LogP contribution is -2.47. The van der Waals surface area contributed by atoms with E-state index in [0.29, 0.717) is 17.8 Å². The Kier molecular flexibility index (Phi) is 4.77. The molecule has 6 heteroatoms. The lowest BCUT2D eigenvalue weighted by atomic mass is 10.0. The number of hydrogen-bond donors (Lipinski definition) is 1. The number of hydrogen-bond acceptors (Lipinski definition) is 2. The molecule has 0 saturated carbocycles. The van der Waals surface area contributed by atoms with Crippen molar-refractivity contribution in [2.24, 2.45) is 5.92 Å². The minimum atomic E-state index is -0.635. The lowest BCUT2D eigenvalue weighted by molar-refractivity contribution is -0.122. The standard InChI is InChI=1S/C19H18ClFN2O2/c1-11(2)17(18(24)22-13-7-8-16(21)15(20)9-13)23-10-12-5-3-4-6-14(12)19(23)25/h3-9,11,17H,10H2,1-2H3,(H,22,24). The molecule has 1 atom stereocenters. The zero-order chi connectivity index (χ0) is 18.1. The van der Waals surface area contributed by atoms with Crippen molar-refractivity contribution in [3.63, 3.8) is 0 Å². The first-order valence-electron chi connectivity index (χ1n) is 8.03. The summed E-state index contributed by atoms with van der Waals surface area (Å²) in [5.74, 6) is -1.11. The van der Waals surface area contributed by atoms with Crippen LogP contribution in [-0.4, -0.2) is 22.8 Å². The molecule has 1 aliphatic heterocycles. The maximum absolute atomic E-state index is 13.3. The Morgan fingerprint density at radius 1 is 1.24 bits per heavy atom. The van der Waals surface area contributed by atoms with E-state index in [1.807, 2.05) is 32.0 Å². The number of carbonyl (C=O) groups excluding carboxylic acids is 2. The predicted molar refractivity (Wildman–Crippen MR) is 95.0 cm³/mol. The highest BCUT2D eigenvalue weighted by Gasteiger charge is 2.37. The first kappa shape index (κ1) is 17.4. The summed E-state index contributed by atoms with van der Waals surface area (Å²) in [4.78, 5) is 27.0. The Bertz CT molecular complexity index is 838. The molecule has 130 valence electrons. The summed E-state index contributed by atoms with van der Waals surface area (Å²) in [7, 11) is 0. The Morgan fingerprint density at radius 3 is 2.60 bits per heavy atom.